The zero-order valence-electron chi connectivity index (χ0n) is 15.6. The van der Waals surface area contributed by atoms with E-state index in [0.717, 1.165) is 45.1 Å². The molecule has 3 heteroatoms. The third-order valence-electron chi connectivity index (χ3n) is 8.77. The van der Waals surface area contributed by atoms with Crippen LogP contribution in [-0.4, -0.2) is 30.2 Å². The van der Waals surface area contributed by atoms with Crippen LogP contribution in [0.15, 0.2) is 0 Å². The predicted octanol–water partition coefficient (Wildman–Crippen LogP) is 3.98. The van der Waals surface area contributed by atoms with Gasteiger partial charge >= 0.3 is 0 Å². The highest BCUT2D eigenvalue weighted by Crippen LogP contribution is 2.66. The molecule has 3 nitrogen and oxygen atoms in total. The Balaban J connectivity index is 1.67. The van der Waals surface area contributed by atoms with Crippen LogP contribution in [-0.2, 0) is 9.53 Å². The van der Waals surface area contributed by atoms with Crippen molar-refractivity contribution in [3.05, 3.63) is 0 Å². The highest BCUT2D eigenvalue weighted by Gasteiger charge is 2.62. The van der Waals surface area contributed by atoms with Crippen molar-refractivity contribution in [2.45, 2.75) is 77.2 Å². The van der Waals surface area contributed by atoms with Crippen molar-refractivity contribution in [2.24, 2.45) is 34.5 Å². The zero-order valence-corrected chi connectivity index (χ0v) is 15.6. The van der Waals surface area contributed by atoms with E-state index in [1.54, 1.807) is 0 Å². The summed E-state index contributed by atoms with van der Waals surface area (Å²) in [5.74, 6) is 3.10. The van der Waals surface area contributed by atoms with E-state index in [0.29, 0.717) is 29.5 Å². The van der Waals surface area contributed by atoms with Gasteiger partial charge in [0.1, 0.15) is 5.78 Å². The number of ether oxygens (including phenoxy) is 1. The molecule has 1 N–H and O–H groups in total. The maximum atomic E-state index is 12.5. The molecular formula is C21H34O3. The van der Waals surface area contributed by atoms with Gasteiger partial charge in [-0.05, 0) is 87.4 Å². The van der Waals surface area contributed by atoms with Crippen molar-refractivity contribution in [3.8, 4) is 0 Å². The molecule has 4 aliphatic carbocycles. The lowest BCUT2D eigenvalue weighted by molar-refractivity contribution is -0.173. The third-order valence-corrected chi connectivity index (χ3v) is 8.77. The Morgan fingerprint density at radius 1 is 1.08 bits per heavy atom. The number of Topliss-reactive ketones (excluding diaryl/α,β-unsaturated/α-hetero) is 1. The van der Waals surface area contributed by atoms with E-state index in [1.165, 1.54) is 19.3 Å². The van der Waals surface area contributed by atoms with Crippen LogP contribution in [0, 0.1) is 34.5 Å². The number of ketones is 1. The third kappa shape index (κ3) is 2.26. The van der Waals surface area contributed by atoms with Crippen molar-refractivity contribution >= 4 is 5.78 Å². The Hall–Kier alpha value is -0.410. The molecule has 7 unspecified atom stereocenters. The van der Waals surface area contributed by atoms with Gasteiger partial charge in [0.15, 0.2) is 0 Å². The maximum Gasteiger partial charge on any atom is 0.139 e. The fourth-order valence-corrected chi connectivity index (χ4v) is 7.55. The summed E-state index contributed by atoms with van der Waals surface area (Å²) in [5.41, 5.74) is -0.295. The summed E-state index contributed by atoms with van der Waals surface area (Å²) in [7, 11) is 1.84. The van der Waals surface area contributed by atoms with Crippen LogP contribution < -0.4 is 0 Å². The Bertz CT molecular complexity index is 527. The van der Waals surface area contributed by atoms with Crippen LogP contribution in [0.5, 0.6) is 0 Å². The lowest BCUT2D eigenvalue weighted by Gasteiger charge is -2.62. The molecule has 0 aliphatic heterocycles. The predicted molar refractivity (Wildman–Crippen MR) is 93.6 cm³/mol. The number of aliphatic hydroxyl groups is 1. The molecule has 24 heavy (non-hydrogen) atoms. The summed E-state index contributed by atoms with van der Waals surface area (Å²) < 4.78 is 5.77. The number of fused-ring (bicyclic) bond motifs is 5. The first-order valence-corrected chi connectivity index (χ1v) is 10.1. The minimum absolute atomic E-state index is 0.0393. The number of hydrogen-bond donors (Lipinski definition) is 1. The van der Waals surface area contributed by atoms with Crippen molar-refractivity contribution < 1.29 is 14.6 Å². The Labute approximate surface area is 146 Å². The molecule has 4 saturated carbocycles. The topological polar surface area (TPSA) is 46.5 Å². The first kappa shape index (κ1) is 17.0. The normalized spacial score (nSPS) is 54.1. The van der Waals surface area contributed by atoms with E-state index < -0.39 is 5.60 Å². The van der Waals surface area contributed by atoms with Crippen molar-refractivity contribution in [2.75, 3.05) is 13.7 Å². The van der Waals surface area contributed by atoms with E-state index in [-0.39, 0.29) is 10.8 Å². The van der Waals surface area contributed by atoms with Crippen LogP contribution in [0.1, 0.15) is 71.6 Å². The van der Waals surface area contributed by atoms with E-state index in [2.05, 4.69) is 6.92 Å². The van der Waals surface area contributed by atoms with E-state index in [9.17, 15) is 9.90 Å². The second kappa shape index (κ2) is 5.54. The zero-order chi connectivity index (χ0) is 17.2. The second-order valence-corrected chi connectivity index (χ2v) is 9.94. The van der Waals surface area contributed by atoms with Crippen molar-refractivity contribution in [1.29, 1.82) is 0 Å². The van der Waals surface area contributed by atoms with Gasteiger partial charge in [-0.3, -0.25) is 4.79 Å². The van der Waals surface area contributed by atoms with Crippen LogP contribution >= 0.6 is 0 Å². The molecule has 0 spiro atoms. The molecule has 7 atom stereocenters. The molecule has 0 heterocycles. The Morgan fingerprint density at radius 3 is 2.62 bits per heavy atom. The number of rotatable bonds is 2. The van der Waals surface area contributed by atoms with Gasteiger partial charge in [-0.2, -0.15) is 0 Å². The molecule has 0 bridgehead atoms. The van der Waals surface area contributed by atoms with Gasteiger partial charge in [0.25, 0.3) is 0 Å². The SMILES string of the molecule is COCC12CCC(C)(O)CC1CCC1C3CCC(=O)C3(C)CCC12. The average Bonchev–Trinajstić information content (AvgIpc) is 2.83. The molecule has 4 fully saturated rings. The van der Waals surface area contributed by atoms with Gasteiger partial charge in [0.05, 0.1) is 12.2 Å². The van der Waals surface area contributed by atoms with Gasteiger partial charge < -0.3 is 9.84 Å². The van der Waals surface area contributed by atoms with Gasteiger partial charge in [0.2, 0.25) is 0 Å². The highest BCUT2D eigenvalue weighted by molar-refractivity contribution is 5.87. The molecular weight excluding hydrogens is 300 g/mol. The molecule has 0 aromatic rings. The van der Waals surface area contributed by atoms with E-state index in [4.69, 9.17) is 4.74 Å². The minimum atomic E-state index is -0.499. The monoisotopic (exact) mass is 334 g/mol. The van der Waals surface area contributed by atoms with Crippen LogP contribution in [0.25, 0.3) is 0 Å². The van der Waals surface area contributed by atoms with E-state index >= 15 is 0 Å². The molecule has 4 aliphatic rings. The van der Waals surface area contributed by atoms with Gasteiger partial charge in [0, 0.05) is 18.9 Å². The van der Waals surface area contributed by atoms with Gasteiger partial charge in [-0.25, -0.2) is 0 Å². The smallest absolute Gasteiger partial charge is 0.139 e. The molecule has 4 rings (SSSR count). The maximum absolute atomic E-state index is 12.5. The molecule has 0 aromatic carbocycles. The minimum Gasteiger partial charge on any atom is -0.390 e. The van der Waals surface area contributed by atoms with Crippen LogP contribution in [0.3, 0.4) is 0 Å². The molecule has 0 amide bonds. The summed E-state index contributed by atoms with van der Waals surface area (Å²) in [6, 6.07) is 0. The lowest BCUT2D eigenvalue weighted by Crippen LogP contribution is -2.58. The quantitative estimate of drug-likeness (QED) is 0.831. The molecule has 136 valence electrons. The molecule has 0 radical (unpaired) electrons. The number of carbonyl (C=O) groups is 1. The van der Waals surface area contributed by atoms with Gasteiger partial charge in [-0.15, -0.1) is 0 Å². The standard InChI is InChI=1S/C21H34O3/c1-19(23)10-11-21(13-24-3)14(12-19)4-5-15-16-6-7-18(22)20(16,2)9-8-17(15)21/h14-17,23H,4-13H2,1-3H3. The summed E-state index contributed by atoms with van der Waals surface area (Å²) in [6.45, 7) is 5.11. The summed E-state index contributed by atoms with van der Waals surface area (Å²) >= 11 is 0. The second-order valence-electron chi connectivity index (χ2n) is 9.94. The van der Waals surface area contributed by atoms with Crippen LogP contribution in [0.2, 0.25) is 0 Å². The fourth-order valence-electron chi connectivity index (χ4n) is 7.55. The van der Waals surface area contributed by atoms with E-state index in [1.807, 2.05) is 14.0 Å². The first-order valence-electron chi connectivity index (χ1n) is 10.1. The number of hydrogen-bond acceptors (Lipinski definition) is 3. The summed E-state index contributed by atoms with van der Waals surface area (Å²) in [4.78, 5) is 12.5. The average molecular weight is 335 g/mol. The van der Waals surface area contributed by atoms with Crippen molar-refractivity contribution in [1.82, 2.24) is 0 Å². The molecule has 0 aromatic heterocycles. The first-order chi connectivity index (χ1) is 11.3. The highest BCUT2D eigenvalue weighted by atomic mass is 16.5. The van der Waals surface area contributed by atoms with Crippen molar-refractivity contribution in [3.63, 3.8) is 0 Å². The summed E-state index contributed by atoms with van der Waals surface area (Å²) in [5, 5.41) is 10.6. The number of carbonyl (C=O) groups excluding carboxylic acids is 1. The lowest BCUT2D eigenvalue weighted by atomic mass is 9.44. The fraction of sp³-hybridized carbons (Fsp3) is 0.952. The van der Waals surface area contributed by atoms with Crippen LogP contribution in [0.4, 0.5) is 0 Å². The largest absolute Gasteiger partial charge is 0.390 e. The summed E-state index contributed by atoms with van der Waals surface area (Å²) in [6.07, 6.45) is 9.57. The molecule has 0 saturated heterocycles. The Kier molecular flexibility index (Phi) is 3.93. The number of methoxy groups -OCH3 is 1. The Morgan fingerprint density at radius 2 is 1.88 bits per heavy atom. The van der Waals surface area contributed by atoms with Gasteiger partial charge in [-0.1, -0.05) is 6.92 Å².